The summed E-state index contributed by atoms with van der Waals surface area (Å²) in [7, 11) is -3.61. The highest BCUT2D eigenvalue weighted by molar-refractivity contribution is 7.90. The molecule has 0 N–H and O–H groups in total. The largest absolute Gasteiger partial charge is 0.360 e. The van der Waals surface area contributed by atoms with Crippen molar-refractivity contribution in [3.05, 3.63) is 51.4 Å². The van der Waals surface area contributed by atoms with Crippen LogP contribution in [0.1, 0.15) is 40.4 Å². The van der Waals surface area contributed by atoms with E-state index in [9.17, 15) is 23.3 Å². The SMILES string of the molecule is CS(=O)(=O)c1ccc(C(=O)c2cnoc2C2CC2)c([N+](=O)[O-])c1. The third kappa shape index (κ3) is 2.87. The molecule has 1 aromatic heterocycles. The van der Waals surface area contributed by atoms with E-state index in [1.807, 2.05) is 0 Å². The number of rotatable bonds is 5. The van der Waals surface area contributed by atoms with Crippen molar-refractivity contribution >= 4 is 21.3 Å². The summed E-state index contributed by atoms with van der Waals surface area (Å²) in [6, 6.07) is 3.23. The Bertz CT molecular complexity index is 911. The minimum atomic E-state index is -3.61. The third-order valence-electron chi connectivity index (χ3n) is 3.63. The number of carbonyl (C=O) groups excluding carboxylic acids is 1. The van der Waals surface area contributed by atoms with Crippen LogP contribution in [0.2, 0.25) is 0 Å². The maximum atomic E-state index is 12.6. The number of ketones is 1. The second kappa shape index (κ2) is 5.27. The molecule has 1 saturated carbocycles. The molecule has 0 radical (unpaired) electrons. The first-order valence-corrected chi connectivity index (χ1v) is 8.66. The van der Waals surface area contributed by atoms with Gasteiger partial charge in [-0.05, 0) is 25.0 Å². The van der Waals surface area contributed by atoms with E-state index in [4.69, 9.17) is 4.52 Å². The normalized spacial score (nSPS) is 14.7. The van der Waals surface area contributed by atoms with Crippen LogP contribution >= 0.6 is 0 Å². The van der Waals surface area contributed by atoms with Gasteiger partial charge >= 0.3 is 0 Å². The van der Waals surface area contributed by atoms with E-state index in [2.05, 4.69) is 5.16 Å². The first-order valence-electron chi connectivity index (χ1n) is 6.77. The predicted octanol–water partition coefficient (Wildman–Crippen LogP) is 2.09. The van der Waals surface area contributed by atoms with Crippen LogP contribution < -0.4 is 0 Å². The first-order chi connectivity index (χ1) is 10.8. The van der Waals surface area contributed by atoms with Gasteiger partial charge in [0.25, 0.3) is 5.69 Å². The quantitative estimate of drug-likeness (QED) is 0.465. The van der Waals surface area contributed by atoms with Gasteiger partial charge in [0.2, 0.25) is 5.78 Å². The zero-order valence-corrected chi connectivity index (χ0v) is 12.9. The van der Waals surface area contributed by atoms with E-state index in [-0.39, 0.29) is 21.9 Å². The smallest absolute Gasteiger partial charge is 0.281 e. The van der Waals surface area contributed by atoms with Crippen LogP contribution in [-0.2, 0) is 9.84 Å². The molecule has 0 aliphatic heterocycles. The van der Waals surface area contributed by atoms with E-state index in [1.165, 1.54) is 12.3 Å². The van der Waals surface area contributed by atoms with Crippen LogP contribution in [0, 0.1) is 10.1 Å². The summed E-state index contributed by atoms with van der Waals surface area (Å²) in [6.07, 6.45) is 3.94. The van der Waals surface area contributed by atoms with Crippen LogP contribution in [-0.4, -0.2) is 30.5 Å². The number of sulfone groups is 1. The Hall–Kier alpha value is -2.55. The number of carbonyl (C=O) groups is 1. The van der Waals surface area contributed by atoms with Crippen molar-refractivity contribution < 1.29 is 22.7 Å². The van der Waals surface area contributed by atoms with Crippen LogP contribution in [0.25, 0.3) is 0 Å². The van der Waals surface area contributed by atoms with Crippen LogP contribution in [0.4, 0.5) is 5.69 Å². The number of hydrogen-bond donors (Lipinski definition) is 0. The summed E-state index contributed by atoms with van der Waals surface area (Å²) in [4.78, 5) is 22.8. The fourth-order valence-electron chi connectivity index (χ4n) is 2.29. The fraction of sp³-hybridized carbons (Fsp3) is 0.286. The highest BCUT2D eigenvalue weighted by Gasteiger charge is 2.34. The van der Waals surface area contributed by atoms with Crippen LogP contribution in [0.3, 0.4) is 0 Å². The zero-order chi connectivity index (χ0) is 16.8. The van der Waals surface area contributed by atoms with Gasteiger partial charge in [0.15, 0.2) is 15.6 Å². The molecule has 8 nitrogen and oxygen atoms in total. The molecule has 120 valence electrons. The molecule has 1 aliphatic carbocycles. The summed E-state index contributed by atoms with van der Waals surface area (Å²) < 4.78 is 28.1. The molecule has 0 atom stereocenters. The van der Waals surface area contributed by atoms with Gasteiger partial charge in [0, 0.05) is 18.2 Å². The molecule has 0 bridgehead atoms. The van der Waals surface area contributed by atoms with Gasteiger partial charge < -0.3 is 4.52 Å². The molecule has 0 spiro atoms. The molecular formula is C14H12N2O6S. The predicted molar refractivity (Wildman–Crippen MR) is 78.1 cm³/mol. The molecule has 0 amide bonds. The maximum absolute atomic E-state index is 12.6. The topological polar surface area (TPSA) is 120 Å². The van der Waals surface area contributed by atoms with Crippen LogP contribution in [0.15, 0.2) is 33.8 Å². The van der Waals surface area contributed by atoms with E-state index in [0.717, 1.165) is 31.2 Å². The third-order valence-corrected chi connectivity index (χ3v) is 4.74. The first kappa shape index (κ1) is 15.3. The average Bonchev–Trinajstić information content (AvgIpc) is 3.22. The minimum absolute atomic E-state index is 0.116. The fourth-order valence-corrected chi connectivity index (χ4v) is 2.93. The van der Waals surface area contributed by atoms with E-state index < -0.39 is 26.2 Å². The Morgan fingerprint density at radius 2 is 2.04 bits per heavy atom. The Morgan fingerprint density at radius 3 is 2.61 bits per heavy atom. The van der Waals surface area contributed by atoms with Crippen LogP contribution in [0.5, 0.6) is 0 Å². The van der Waals surface area contributed by atoms with Crippen molar-refractivity contribution in [2.75, 3.05) is 6.26 Å². The average molecular weight is 336 g/mol. The molecule has 0 saturated heterocycles. The lowest BCUT2D eigenvalue weighted by Crippen LogP contribution is -2.08. The summed E-state index contributed by atoms with van der Waals surface area (Å²) in [6.45, 7) is 0. The molecular weight excluding hydrogens is 324 g/mol. The summed E-state index contributed by atoms with van der Waals surface area (Å²) in [5, 5.41) is 14.8. The second-order valence-electron chi connectivity index (χ2n) is 5.42. The summed E-state index contributed by atoms with van der Waals surface area (Å²) in [5.74, 6) is -0.0535. The molecule has 1 aliphatic rings. The molecule has 0 unspecified atom stereocenters. The Kier molecular flexibility index (Phi) is 3.52. The lowest BCUT2D eigenvalue weighted by Gasteiger charge is -2.04. The van der Waals surface area contributed by atoms with Gasteiger partial charge in [-0.2, -0.15) is 0 Å². The summed E-state index contributed by atoms with van der Waals surface area (Å²) in [5.41, 5.74) is -0.559. The van der Waals surface area contributed by atoms with Gasteiger partial charge in [-0.25, -0.2) is 8.42 Å². The molecule has 1 aromatic carbocycles. The van der Waals surface area contributed by atoms with Crippen molar-refractivity contribution in [2.45, 2.75) is 23.7 Å². The number of benzene rings is 1. The molecule has 3 rings (SSSR count). The molecule has 1 fully saturated rings. The summed E-state index contributed by atoms with van der Waals surface area (Å²) >= 11 is 0. The van der Waals surface area contributed by atoms with E-state index >= 15 is 0 Å². The zero-order valence-electron chi connectivity index (χ0n) is 12.1. The Labute approximate surface area is 131 Å². The lowest BCUT2D eigenvalue weighted by molar-refractivity contribution is -0.385. The Balaban J connectivity index is 2.10. The van der Waals surface area contributed by atoms with Crippen molar-refractivity contribution in [3.63, 3.8) is 0 Å². The van der Waals surface area contributed by atoms with E-state index in [1.54, 1.807) is 0 Å². The maximum Gasteiger partial charge on any atom is 0.281 e. The van der Waals surface area contributed by atoms with Crippen molar-refractivity contribution in [1.29, 1.82) is 0 Å². The van der Waals surface area contributed by atoms with Crippen molar-refractivity contribution in [3.8, 4) is 0 Å². The monoisotopic (exact) mass is 336 g/mol. The molecule has 9 heteroatoms. The number of hydrogen-bond acceptors (Lipinski definition) is 7. The highest BCUT2D eigenvalue weighted by atomic mass is 32.2. The van der Waals surface area contributed by atoms with Crippen molar-refractivity contribution in [1.82, 2.24) is 5.16 Å². The number of aromatic nitrogens is 1. The Morgan fingerprint density at radius 1 is 1.35 bits per heavy atom. The van der Waals surface area contributed by atoms with E-state index in [0.29, 0.717) is 5.76 Å². The lowest BCUT2D eigenvalue weighted by atomic mass is 10.0. The second-order valence-corrected chi connectivity index (χ2v) is 7.43. The standard InChI is InChI=1S/C14H12N2O6S/c1-23(20,21)9-4-5-10(12(6-9)16(18)19)13(17)11-7-15-22-14(11)8-2-3-8/h4-8H,2-3H2,1H3. The van der Waals surface area contributed by atoms with Gasteiger partial charge in [-0.3, -0.25) is 14.9 Å². The highest BCUT2D eigenvalue weighted by Crippen LogP contribution is 2.42. The minimum Gasteiger partial charge on any atom is -0.360 e. The molecule has 23 heavy (non-hydrogen) atoms. The van der Waals surface area contributed by atoms with Gasteiger partial charge in [-0.15, -0.1) is 0 Å². The molecule has 1 heterocycles. The van der Waals surface area contributed by atoms with Gasteiger partial charge in [0.05, 0.1) is 21.6 Å². The van der Waals surface area contributed by atoms with Gasteiger partial charge in [0.1, 0.15) is 5.56 Å². The number of nitrogens with zero attached hydrogens (tertiary/aromatic N) is 2. The number of nitro benzene ring substituents is 1. The molecule has 2 aromatic rings. The number of nitro groups is 1. The van der Waals surface area contributed by atoms with Crippen molar-refractivity contribution in [2.24, 2.45) is 0 Å². The van der Waals surface area contributed by atoms with Gasteiger partial charge in [-0.1, -0.05) is 5.16 Å².